The number of anilines is 2. The monoisotopic (exact) mass is 304 g/mol. The first-order valence-electron chi connectivity index (χ1n) is 7.24. The maximum absolute atomic E-state index is 12.9. The fourth-order valence-corrected chi connectivity index (χ4v) is 1.95. The van der Waals surface area contributed by atoms with Gasteiger partial charge in [0.25, 0.3) is 0 Å². The van der Waals surface area contributed by atoms with Gasteiger partial charge in [-0.05, 0) is 19.8 Å². The second kappa shape index (κ2) is 7.47. The minimum atomic E-state index is -4.48. The third kappa shape index (κ3) is 4.75. The highest BCUT2D eigenvalue weighted by Gasteiger charge is 2.34. The second-order valence-corrected chi connectivity index (χ2v) is 4.99. The van der Waals surface area contributed by atoms with Crippen LogP contribution in [0.2, 0.25) is 0 Å². The number of hydrogen-bond donors (Lipinski definition) is 1. The van der Waals surface area contributed by atoms with Crippen LogP contribution < -0.4 is 10.2 Å². The second-order valence-electron chi connectivity index (χ2n) is 4.99. The van der Waals surface area contributed by atoms with E-state index >= 15 is 0 Å². The summed E-state index contributed by atoms with van der Waals surface area (Å²) in [5, 5.41) is 2.60. The van der Waals surface area contributed by atoms with E-state index in [0.717, 1.165) is 25.3 Å². The smallest absolute Gasteiger partial charge is 0.357 e. The molecule has 0 amide bonds. The first-order chi connectivity index (χ1) is 9.83. The number of nitrogens with one attached hydrogen (secondary N) is 1. The Morgan fingerprint density at radius 1 is 1.29 bits per heavy atom. The van der Waals surface area contributed by atoms with Gasteiger partial charge in [-0.2, -0.15) is 18.2 Å². The number of alkyl halides is 3. The van der Waals surface area contributed by atoms with Crippen LogP contribution in [-0.4, -0.2) is 29.6 Å². The molecule has 0 saturated carbocycles. The summed E-state index contributed by atoms with van der Waals surface area (Å²) in [5.41, 5.74) is -0.915. The van der Waals surface area contributed by atoms with Crippen molar-refractivity contribution in [2.24, 2.45) is 0 Å². The van der Waals surface area contributed by atoms with Crippen LogP contribution in [0.4, 0.5) is 24.9 Å². The highest BCUT2D eigenvalue weighted by Crippen LogP contribution is 2.31. The predicted molar refractivity (Wildman–Crippen MR) is 78.6 cm³/mol. The summed E-state index contributed by atoms with van der Waals surface area (Å²) in [4.78, 5) is 9.61. The number of halogens is 3. The molecule has 0 bridgehead atoms. The van der Waals surface area contributed by atoms with Crippen LogP contribution in [0.3, 0.4) is 0 Å². The summed E-state index contributed by atoms with van der Waals surface area (Å²) < 4.78 is 38.8. The van der Waals surface area contributed by atoms with Crippen molar-refractivity contribution in [1.82, 2.24) is 9.97 Å². The topological polar surface area (TPSA) is 41.1 Å². The van der Waals surface area contributed by atoms with E-state index < -0.39 is 11.9 Å². The SMILES string of the molecule is CCCCN(c1cc(C(F)(F)F)nc(NC)n1)C(C)CC. The number of rotatable bonds is 7. The van der Waals surface area contributed by atoms with Crippen molar-refractivity contribution in [3.8, 4) is 0 Å². The van der Waals surface area contributed by atoms with Gasteiger partial charge < -0.3 is 10.2 Å². The van der Waals surface area contributed by atoms with Gasteiger partial charge in [-0.15, -0.1) is 0 Å². The Morgan fingerprint density at radius 2 is 1.95 bits per heavy atom. The molecule has 120 valence electrons. The zero-order valence-electron chi connectivity index (χ0n) is 13.0. The van der Waals surface area contributed by atoms with Crippen LogP contribution in [-0.2, 0) is 6.18 Å². The van der Waals surface area contributed by atoms with Gasteiger partial charge in [0.15, 0.2) is 5.69 Å². The molecule has 1 aromatic rings. The molecule has 1 aromatic heterocycles. The maximum atomic E-state index is 12.9. The van der Waals surface area contributed by atoms with Gasteiger partial charge in [0, 0.05) is 25.7 Å². The summed E-state index contributed by atoms with van der Waals surface area (Å²) >= 11 is 0. The Bertz CT molecular complexity index is 448. The lowest BCUT2D eigenvalue weighted by Gasteiger charge is -2.30. The Morgan fingerprint density at radius 3 is 2.43 bits per heavy atom. The van der Waals surface area contributed by atoms with Crippen molar-refractivity contribution < 1.29 is 13.2 Å². The van der Waals surface area contributed by atoms with E-state index in [-0.39, 0.29) is 12.0 Å². The van der Waals surface area contributed by atoms with Gasteiger partial charge in [0.05, 0.1) is 0 Å². The first-order valence-corrected chi connectivity index (χ1v) is 7.24. The van der Waals surface area contributed by atoms with E-state index in [9.17, 15) is 13.2 Å². The minimum absolute atomic E-state index is 0.00961. The normalized spacial score (nSPS) is 13.1. The van der Waals surface area contributed by atoms with Crippen LogP contribution in [0.1, 0.15) is 45.7 Å². The zero-order valence-corrected chi connectivity index (χ0v) is 13.0. The quantitative estimate of drug-likeness (QED) is 0.828. The van der Waals surface area contributed by atoms with Crippen LogP contribution >= 0.6 is 0 Å². The molecule has 0 spiro atoms. The summed E-state index contributed by atoms with van der Waals surface area (Å²) in [6.45, 7) is 6.73. The minimum Gasteiger partial charge on any atom is -0.357 e. The maximum Gasteiger partial charge on any atom is 0.433 e. The number of aromatic nitrogens is 2. The van der Waals surface area contributed by atoms with Crippen LogP contribution in [0.25, 0.3) is 0 Å². The van der Waals surface area contributed by atoms with Crippen LogP contribution in [0.15, 0.2) is 6.07 Å². The fourth-order valence-electron chi connectivity index (χ4n) is 1.95. The highest BCUT2D eigenvalue weighted by molar-refractivity contribution is 5.46. The molecular formula is C14H23F3N4. The lowest BCUT2D eigenvalue weighted by atomic mass is 10.2. The Balaban J connectivity index is 3.22. The standard InChI is InChI=1S/C14H23F3N4/c1-5-7-8-21(10(3)6-2)12-9-11(14(15,16)17)19-13(18-4)20-12/h9-10H,5-8H2,1-4H3,(H,18,19,20). The lowest BCUT2D eigenvalue weighted by molar-refractivity contribution is -0.141. The molecule has 0 saturated heterocycles. The molecule has 0 radical (unpaired) electrons. The lowest BCUT2D eigenvalue weighted by Crippen LogP contribution is -2.34. The average molecular weight is 304 g/mol. The molecule has 0 aliphatic heterocycles. The van der Waals surface area contributed by atoms with E-state index in [1.54, 1.807) is 0 Å². The Kier molecular flexibility index (Phi) is 6.23. The Hall–Kier alpha value is -1.53. The van der Waals surface area contributed by atoms with Gasteiger partial charge in [-0.3, -0.25) is 0 Å². The number of nitrogens with zero attached hydrogens (tertiary/aromatic N) is 3. The summed E-state index contributed by atoms with van der Waals surface area (Å²) in [7, 11) is 1.51. The molecule has 0 aromatic carbocycles. The molecule has 0 aliphatic rings. The fraction of sp³-hybridized carbons (Fsp3) is 0.714. The molecule has 4 nitrogen and oxygen atoms in total. The molecule has 1 heterocycles. The number of hydrogen-bond acceptors (Lipinski definition) is 4. The van der Waals surface area contributed by atoms with Crippen molar-refractivity contribution in [3.63, 3.8) is 0 Å². The van der Waals surface area contributed by atoms with Gasteiger partial charge in [0.2, 0.25) is 5.95 Å². The predicted octanol–water partition coefficient (Wildman–Crippen LogP) is 3.94. The molecular weight excluding hydrogens is 281 g/mol. The molecule has 7 heteroatoms. The molecule has 0 fully saturated rings. The molecule has 21 heavy (non-hydrogen) atoms. The van der Waals surface area contributed by atoms with E-state index in [1.807, 2.05) is 18.7 Å². The van der Waals surface area contributed by atoms with Crippen molar-refractivity contribution in [2.45, 2.75) is 52.3 Å². The van der Waals surface area contributed by atoms with Gasteiger partial charge in [-0.1, -0.05) is 20.3 Å². The molecule has 0 aliphatic carbocycles. The van der Waals surface area contributed by atoms with Gasteiger partial charge in [0.1, 0.15) is 5.82 Å². The largest absolute Gasteiger partial charge is 0.433 e. The summed E-state index contributed by atoms with van der Waals surface area (Å²) in [6.07, 6.45) is -1.76. The summed E-state index contributed by atoms with van der Waals surface area (Å²) in [5.74, 6) is 0.314. The van der Waals surface area contributed by atoms with E-state index in [0.29, 0.717) is 12.4 Å². The van der Waals surface area contributed by atoms with Gasteiger partial charge in [-0.25, -0.2) is 4.98 Å². The first kappa shape index (κ1) is 17.5. The van der Waals surface area contributed by atoms with E-state index in [1.165, 1.54) is 7.05 Å². The zero-order chi connectivity index (χ0) is 16.0. The van der Waals surface area contributed by atoms with Crippen molar-refractivity contribution >= 4 is 11.8 Å². The third-order valence-corrected chi connectivity index (χ3v) is 3.40. The average Bonchev–Trinajstić information content (AvgIpc) is 2.46. The highest BCUT2D eigenvalue weighted by atomic mass is 19.4. The summed E-state index contributed by atoms with van der Waals surface area (Å²) in [6, 6.07) is 1.15. The molecule has 1 N–H and O–H groups in total. The van der Waals surface area contributed by atoms with Gasteiger partial charge >= 0.3 is 6.18 Å². The van der Waals surface area contributed by atoms with Crippen molar-refractivity contribution in [1.29, 1.82) is 0 Å². The van der Waals surface area contributed by atoms with Crippen LogP contribution in [0, 0.1) is 0 Å². The molecule has 1 rings (SSSR count). The Labute approximate surface area is 123 Å². The molecule has 1 atom stereocenters. The number of unbranched alkanes of at least 4 members (excludes halogenated alkanes) is 1. The van der Waals surface area contributed by atoms with Crippen molar-refractivity contribution in [2.75, 3.05) is 23.8 Å². The third-order valence-electron chi connectivity index (χ3n) is 3.40. The van der Waals surface area contributed by atoms with E-state index in [2.05, 4.69) is 22.2 Å². The van der Waals surface area contributed by atoms with Crippen LogP contribution in [0.5, 0.6) is 0 Å². The molecule has 1 unspecified atom stereocenters. The van der Waals surface area contributed by atoms with E-state index in [4.69, 9.17) is 0 Å². The van der Waals surface area contributed by atoms with Crippen molar-refractivity contribution in [3.05, 3.63) is 11.8 Å².